The lowest BCUT2D eigenvalue weighted by Crippen LogP contribution is -2.13. The number of hydrogen-bond donors (Lipinski definition) is 1. The first kappa shape index (κ1) is 12.0. The predicted octanol–water partition coefficient (Wildman–Crippen LogP) is 2.67. The van der Waals surface area contributed by atoms with E-state index in [1.165, 1.54) is 0 Å². The van der Waals surface area contributed by atoms with E-state index in [9.17, 15) is 0 Å². The maximum atomic E-state index is 5.79. The fraction of sp³-hybridized carbons (Fsp3) is 0.583. The highest BCUT2D eigenvalue weighted by molar-refractivity contribution is 5.22. The van der Waals surface area contributed by atoms with E-state index >= 15 is 0 Å². The first-order chi connectivity index (χ1) is 7.13. The highest BCUT2D eigenvalue weighted by Crippen LogP contribution is 2.16. The molecule has 0 amide bonds. The van der Waals surface area contributed by atoms with Crippen molar-refractivity contribution in [3.63, 3.8) is 0 Å². The number of ether oxygens (including phenoxy) is 1. The zero-order valence-corrected chi connectivity index (χ0v) is 9.73. The van der Waals surface area contributed by atoms with Crippen molar-refractivity contribution in [2.45, 2.75) is 45.8 Å². The number of hydrogen-bond acceptors (Lipinski definition) is 3. The summed E-state index contributed by atoms with van der Waals surface area (Å²) in [6, 6.07) is 3.86. The van der Waals surface area contributed by atoms with Crippen LogP contribution in [0.25, 0.3) is 0 Å². The third-order valence-electron chi connectivity index (χ3n) is 2.30. The first-order valence-electron chi connectivity index (χ1n) is 5.51. The Hall–Kier alpha value is -1.09. The molecule has 0 aliphatic carbocycles. The van der Waals surface area contributed by atoms with E-state index in [1.54, 1.807) is 6.20 Å². The molecule has 0 saturated heterocycles. The van der Waals surface area contributed by atoms with Crippen LogP contribution in [0.2, 0.25) is 0 Å². The van der Waals surface area contributed by atoms with E-state index in [0.717, 1.165) is 18.4 Å². The number of aromatic nitrogens is 1. The van der Waals surface area contributed by atoms with Crippen LogP contribution < -0.4 is 10.5 Å². The highest BCUT2D eigenvalue weighted by atomic mass is 16.5. The molecule has 1 aromatic heterocycles. The Bertz CT molecular complexity index is 299. The van der Waals surface area contributed by atoms with Gasteiger partial charge in [0.1, 0.15) is 0 Å². The molecule has 1 heterocycles. The van der Waals surface area contributed by atoms with E-state index < -0.39 is 0 Å². The largest absolute Gasteiger partial charge is 0.475 e. The van der Waals surface area contributed by atoms with Gasteiger partial charge in [0, 0.05) is 18.3 Å². The van der Waals surface area contributed by atoms with E-state index in [-0.39, 0.29) is 12.1 Å². The second kappa shape index (κ2) is 5.71. The molecule has 0 spiro atoms. The van der Waals surface area contributed by atoms with Gasteiger partial charge in [0.2, 0.25) is 5.88 Å². The molecule has 1 rings (SSSR count). The van der Waals surface area contributed by atoms with Crippen molar-refractivity contribution in [2.75, 3.05) is 0 Å². The number of rotatable bonds is 5. The summed E-state index contributed by atoms with van der Waals surface area (Å²) in [5, 5.41) is 0. The second-order valence-corrected chi connectivity index (χ2v) is 3.93. The van der Waals surface area contributed by atoms with Crippen LogP contribution in [0.4, 0.5) is 0 Å². The molecule has 0 saturated carbocycles. The molecule has 2 N–H and O–H groups in total. The molecule has 0 aliphatic rings. The lowest BCUT2D eigenvalue weighted by molar-refractivity contribution is 0.201. The van der Waals surface area contributed by atoms with Crippen LogP contribution >= 0.6 is 0 Å². The molecular formula is C12H20N2O. The summed E-state index contributed by atoms with van der Waals surface area (Å²) >= 11 is 0. The van der Waals surface area contributed by atoms with Crippen LogP contribution in [0.5, 0.6) is 5.88 Å². The smallest absolute Gasteiger partial charge is 0.213 e. The molecule has 3 nitrogen and oxygen atoms in total. The van der Waals surface area contributed by atoms with Crippen molar-refractivity contribution in [1.82, 2.24) is 4.98 Å². The summed E-state index contributed by atoms with van der Waals surface area (Å²) in [6.07, 6.45) is 4.12. The van der Waals surface area contributed by atoms with Gasteiger partial charge in [-0.05, 0) is 31.9 Å². The molecule has 0 bridgehead atoms. The third kappa shape index (κ3) is 3.88. The molecule has 84 valence electrons. The van der Waals surface area contributed by atoms with Gasteiger partial charge in [-0.1, -0.05) is 13.3 Å². The van der Waals surface area contributed by atoms with E-state index in [1.807, 2.05) is 19.1 Å². The second-order valence-electron chi connectivity index (χ2n) is 3.93. The minimum Gasteiger partial charge on any atom is -0.475 e. The van der Waals surface area contributed by atoms with Crippen molar-refractivity contribution in [2.24, 2.45) is 5.73 Å². The summed E-state index contributed by atoms with van der Waals surface area (Å²) in [4.78, 5) is 4.17. The SMILES string of the molecule is CCCC(C)Oc1cc([C@H](C)N)ccn1. The number of nitrogens with two attached hydrogens (primary N) is 1. The Kier molecular flexibility index (Phi) is 4.56. The number of pyridine rings is 1. The highest BCUT2D eigenvalue weighted by Gasteiger charge is 2.06. The third-order valence-corrected chi connectivity index (χ3v) is 2.30. The van der Waals surface area contributed by atoms with Gasteiger partial charge in [0.25, 0.3) is 0 Å². The van der Waals surface area contributed by atoms with Crippen LogP contribution in [0.3, 0.4) is 0 Å². The summed E-state index contributed by atoms with van der Waals surface area (Å²) in [6.45, 7) is 6.16. The first-order valence-corrected chi connectivity index (χ1v) is 5.51. The normalized spacial score (nSPS) is 14.7. The Morgan fingerprint density at radius 3 is 2.80 bits per heavy atom. The summed E-state index contributed by atoms with van der Waals surface area (Å²) in [5.41, 5.74) is 6.85. The van der Waals surface area contributed by atoms with Crippen LogP contribution in [0.15, 0.2) is 18.3 Å². The van der Waals surface area contributed by atoms with Crippen molar-refractivity contribution in [3.05, 3.63) is 23.9 Å². The Morgan fingerprint density at radius 1 is 1.47 bits per heavy atom. The van der Waals surface area contributed by atoms with E-state index in [4.69, 9.17) is 10.5 Å². The average Bonchev–Trinajstić information content (AvgIpc) is 2.18. The standard InChI is InChI=1S/C12H20N2O/c1-4-5-9(2)15-12-8-11(10(3)13)6-7-14-12/h6-10H,4-5,13H2,1-3H3/t9?,10-/m0/s1. The van der Waals surface area contributed by atoms with Gasteiger partial charge < -0.3 is 10.5 Å². The van der Waals surface area contributed by atoms with Crippen LogP contribution in [-0.4, -0.2) is 11.1 Å². The van der Waals surface area contributed by atoms with Gasteiger partial charge in [-0.25, -0.2) is 4.98 Å². The zero-order chi connectivity index (χ0) is 11.3. The van der Waals surface area contributed by atoms with Gasteiger partial charge in [0.15, 0.2) is 0 Å². The van der Waals surface area contributed by atoms with Gasteiger partial charge in [-0.3, -0.25) is 0 Å². The van der Waals surface area contributed by atoms with Gasteiger partial charge >= 0.3 is 0 Å². The minimum atomic E-state index is 0.0248. The molecule has 0 fully saturated rings. The van der Waals surface area contributed by atoms with Crippen LogP contribution in [-0.2, 0) is 0 Å². The Balaban J connectivity index is 2.65. The van der Waals surface area contributed by atoms with Gasteiger partial charge in [-0.2, -0.15) is 0 Å². The maximum absolute atomic E-state index is 5.79. The topological polar surface area (TPSA) is 48.1 Å². The van der Waals surface area contributed by atoms with Crippen molar-refractivity contribution in [1.29, 1.82) is 0 Å². The van der Waals surface area contributed by atoms with Gasteiger partial charge in [-0.15, -0.1) is 0 Å². The molecule has 0 radical (unpaired) electrons. The molecule has 0 aromatic carbocycles. The predicted molar refractivity (Wildman–Crippen MR) is 61.8 cm³/mol. The number of nitrogens with zero attached hydrogens (tertiary/aromatic N) is 1. The Labute approximate surface area is 91.7 Å². The summed E-state index contributed by atoms with van der Waals surface area (Å²) < 4.78 is 5.68. The fourth-order valence-corrected chi connectivity index (χ4v) is 1.44. The van der Waals surface area contributed by atoms with Crippen molar-refractivity contribution < 1.29 is 4.74 Å². The monoisotopic (exact) mass is 208 g/mol. The summed E-state index contributed by atoms with van der Waals surface area (Å²) in [5.74, 6) is 0.672. The van der Waals surface area contributed by atoms with Crippen molar-refractivity contribution >= 4 is 0 Å². The van der Waals surface area contributed by atoms with Crippen molar-refractivity contribution in [3.8, 4) is 5.88 Å². The lowest BCUT2D eigenvalue weighted by atomic mass is 10.1. The zero-order valence-electron chi connectivity index (χ0n) is 9.73. The molecule has 15 heavy (non-hydrogen) atoms. The Morgan fingerprint density at radius 2 is 2.20 bits per heavy atom. The van der Waals surface area contributed by atoms with Gasteiger partial charge in [0.05, 0.1) is 6.10 Å². The molecule has 2 atom stereocenters. The van der Waals surface area contributed by atoms with Crippen LogP contribution in [0.1, 0.15) is 45.2 Å². The minimum absolute atomic E-state index is 0.0248. The average molecular weight is 208 g/mol. The molecular weight excluding hydrogens is 188 g/mol. The quantitative estimate of drug-likeness (QED) is 0.809. The lowest BCUT2D eigenvalue weighted by Gasteiger charge is -2.14. The molecule has 1 unspecified atom stereocenters. The van der Waals surface area contributed by atoms with Crippen LogP contribution in [0, 0.1) is 0 Å². The maximum Gasteiger partial charge on any atom is 0.213 e. The molecule has 0 aliphatic heterocycles. The van der Waals surface area contributed by atoms with E-state index in [0.29, 0.717) is 5.88 Å². The molecule has 1 aromatic rings. The summed E-state index contributed by atoms with van der Waals surface area (Å²) in [7, 11) is 0. The van der Waals surface area contributed by atoms with E-state index in [2.05, 4.69) is 18.8 Å². The fourth-order valence-electron chi connectivity index (χ4n) is 1.44. The molecule has 3 heteroatoms.